The van der Waals surface area contributed by atoms with E-state index in [1.165, 1.54) is 0 Å². The van der Waals surface area contributed by atoms with E-state index >= 15 is 0 Å². The number of aldehydes is 1. The fraction of sp³-hybridized carbons (Fsp3) is 0.357. The lowest BCUT2D eigenvalue weighted by atomic mass is 10.0. The van der Waals surface area contributed by atoms with E-state index in [4.69, 9.17) is 0 Å². The Kier molecular flexibility index (Phi) is 3.16. The molecule has 0 aromatic carbocycles. The van der Waals surface area contributed by atoms with Gasteiger partial charge in [-0.25, -0.2) is 8.42 Å². The predicted molar refractivity (Wildman–Crippen MR) is 77.8 cm³/mol. The van der Waals surface area contributed by atoms with Crippen LogP contribution in [0.15, 0.2) is 30.7 Å². The Balaban J connectivity index is 2.07. The van der Waals surface area contributed by atoms with Crippen LogP contribution in [-0.4, -0.2) is 41.0 Å². The zero-order valence-electron chi connectivity index (χ0n) is 11.6. The van der Waals surface area contributed by atoms with E-state index < -0.39 is 15.4 Å². The normalized spacial score (nSPS) is 24.0. The lowest BCUT2D eigenvalue weighted by Crippen LogP contribution is -2.31. The molecule has 1 fully saturated rings. The smallest absolute Gasteiger partial charge is 0.153 e. The minimum Gasteiger partial charge on any atom is -0.298 e. The van der Waals surface area contributed by atoms with Crippen LogP contribution in [-0.2, 0) is 15.4 Å². The van der Waals surface area contributed by atoms with Crippen LogP contribution in [0.2, 0.25) is 0 Å². The van der Waals surface area contributed by atoms with Crippen molar-refractivity contribution in [3.8, 4) is 11.3 Å². The summed E-state index contributed by atoms with van der Waals surface area (Å²) in [6, 6.07) is 3.59. The highest BCUT2D eigenvalue weighted by atomic mass is 32.2. The summed E-state index contributed by atoms with van der Waals surface area (Å²) >= 11 is 0. The van der Waals surface area contributed by atoms with Crippen LogP contribution >= 0.6 is 0 Å². The molecule has 1 unspecified atom stereocenters. The second-order valence-electron chi connectivity index (χ2n) is 5.58. The largest absolute Gasteiger partial charge is 0.298 e. The quantitative estimate of drug-likeness (QED) is 0.798. The van der Waals surface area contributed by atoms with Crippen LogP contribution in [0.3, 0.4) is 0 Å². The maximum Gasteiger partial charge on any atom is 0.153 e. The van der Waals surface area contributed by atoms with Crippen molar-refractivity contribution in [2.45, 2.75) is 18.9 Å². The van der Waals surface area contributed by atoms with Crippen LogP contribution in [0.1, 0.15) is 23.7 Å². The lowest BCUT2D eigenvalue weighted by Gasteiger charge is -2.22. The van der Waals surface area contributed by atoms with E-state index in [9.17, 15) is 13.2 Å². The number of nitrogens with zero attached hydrogens (tertiary/aromatic N) is 3. The first-order valence-electron chi connectivity index (χ1n) is 6.60. The standard InChI is InChI=1S/C14H15N3O3S/c1-14(4-6-21(19,20)10-14)17-8-12(9-18)13(16-17)11-3-2-5-15-7-11/h2-3,5,7-9H,4,6,10H2,1H3. The zero-order valence-corrected chi connectivity index (χ0v) is 12.4. The Morgan fingerprint density at radius 3 is 2.81 bits per heavy atom. The van der Waals surface area contributed by atoms with Gasteiger partial charge >= 0.3 is 0 Å². The molecule has 110 valence electrons. The molecular weight excluding hydrogens is 290 g/mol. The number of aromatic nitrogens is 3. The molecule has 2 aromatic heterocycles. The molecular formula is C14H15N3O3S. The van der Waals surface area contributed by atoms with E-state index in [2.05, 4.69) is 10.1 Å². The number of carbonyl (C=O) groups is 1. The maximum absolute atomic E-state index is 11.7. The molecule has 0 saturated carbocycles. The molecule has 0 aliphatic carbocycles. The summed E-state index contributed by atoms with van der Waals surface area (Å²) in [6.07, 6.45) is 6.13. The molecule has 0 amide bonds. The average molecular weight is 305 g/mol. The minimum atomic E-state index is -3.04. The first kappa shape index (κ1) is 13.9. The van der Waals surface area contributed by atoms with E-state index in [1.54, 1.807) is 29.3 Å². The van der Waals surface area contributed by atoms with Gasteiger partial charge in [0.05, 0.1) is 22.6 Å². The van der Waals surface area contributed by atoms with Crippen molar-refractivity contribution < 1.29 is 13.2 Å². The molecule has 21 heavy (non-hydrogen) atoms. The van der Waals surface area contributed by atoms with Crippen molar-refractivity contribution in [2.24, 2.45) is 0 Å². The van der Waals surface area contributed by atoms with Crippen molar-refractivity contribution in [1.82, 2.24) is 14.8 Å². The Labute approximate surface area is 122 Å². The fourth-order valence-electron chi connectivity index (χ4n) is 2.65. The van der Waals surface area contributed by atoms with Crippen LogP contribution in [0.5, 0.6) is 0 Å². The molecule has 0 spiro atoms. The number of rotatable bonds is 3. The number of hydrogen-bond acceptors (Lipinski definition) is 5. The second-order valence-corrected chi connectivity index (χ2v) is 7.76. The second kappa shape index (κ2) is 4.77. The highest BCUT2D eigenvalue weighted by molar-refractivity contribution is 7.91. The molecule has 1 aliphatic rings. The number of carbonyl (C=O) groups excluding carboxylic acids is 1. The highest BCUT2D eigenvalue weighted by Gasteiger charge is 2.41. The number of pyridine rings is 1. The van der Waals surface area contributed by atoms with Crippen LogP contribution in [0.4, 0.5) is 0 Å². The molecule has 0 radical (unpaired) electrons. The Morgan fingerprint density at radius 1 is 1.43 bits per heavy atom. The third kappa shape index (κ3) is 2.49. The first-order chi connectivity index (χ1) is 9.93. The molecule has 6 nitrogen and oxygen atoms in total. The van der Waals surface area contributed by atoms with E-state index in [0.717, 1.165) is 11.8 Å². The van der Waals surface area contributed by atoms with E-state index in [1.807, 2.05) is 13.0 Å². The number of hydrogen-bond donors (Lipinski definition) is 0. The Morgan fingerprint density at radius 2 is 2.24 bits per heavy atom. The minimum absolute atomic E-state index is 0.0481. The van der Waals surface area contributed by atoms with Gasteiger partial charge < -0.3 is 0 Å². The summed E-state index contributed by atoms with van der Waals surface area (Å²) in [5.74, 6) is 0.203. The van der Waals surface area contributed by atoms with Crippen LogP contribution in [0, 0.1) is 0 Å². The Hall–Kier alpha value is -2.02. The van der Waals surface area contributed by atoms with Gasteiger partial charge in [-0.15, -0.1) is 0 Å². The van der Waals surface area contributed by atoms with E-state index in [-0.39, 0.29) is 11.5 Å². The molecule has 0 N–H and O–H groups in total. The molecule has 1 saturated heterocycles. The summed E-state index contributed by atoms with van der Waals surface area (Å²) in [4.78, 5) is 15.3. The van der Waals surface area contributed by atoms with Gasteiger partial charge in [0.1, 0.15) is 5.69 Å². The van der Waals surface area contributed by atoms with Gasteiger partial charge in [0.2, 0.25) is 0 Å². The molecule has 3 heterocycles. The highest BCUT2D eigenvalue weighted by Crippen LogP contribution is 2.32. The van der Waals surface area contributed by atoms with Gasteiger partial charge in [0.25, 0.3) is 0 Å². The third-order valence-corrected chi connectivity index (χ3v) is 5.73. The first-order valence-corrected chi connectivity index (χ1v) is 8.42. The fourth-order valence-corrected chi connectivity index (χ4v) is 4.77. The lowest BCUT2D eigenvalue weighted by molar-refractivity contribution is 0.112. The van der Waals surface area contributed by atoms with Crippen LogP contribution in [0.25, 0.3) is 11.3 Å². The summed E-state index contributed by atoms with van der Waals surface area (Å²) in [5.41, 5.74) is 1.11. The van der Waals surface area contributed by atoms with Gasteiger partial charge in [-0.1, -0.05) is 0 Å². The zero-order chi connectivity index (χ0) is 15.1. The topological polar surface area (TPSA) is 81.9 Å². The molecule has 1 aliphatic heterocycles. The Bertz CT molecular complexity index is 783. The van der Waals surface area contributed by atoms with Crippen molar-refractivity contribution in [2.75, 3.05) is 11.5 Å². The van der Waals surface area contributed by atoms with Crippen molar-refractivity contribution in [3.63, 3.8) is 0 Å². The predicted octanol–water partition coefficient (Wildman–Crippen LogP) is 1.29. The average Bonchev–Trinajstić information content (AvgIpc) is 3.02. The summed E-state index contributed by atoms with van der Waals surface area (Å²) in [7, 11) is -3.04. The molecule has 0 bridgehead atoms. The van der Waals surface area contributed by atoms with Gasteiger partial charge in [0, 0.05) is 24.2 Å². The summed E-state index contributed by atoms with van der Waals surface area (Å²) in [5, 5.41) is 4.45. The number of sulfone groups is 1. The van der Waals surface area contributed by atoms with Gasteiger partial charge in [0.15, 0.2) is 16.1 Å². The van der Waals surface area contributed by atoms with Gasteiger partial charge in [-0.05, 0) is 25.5 Å². The molecule has 2 aromatic rings. The van der Waals surface area contributed by atoms with Gasteiger partial charge in [-0.2, -0.15) is 5.10 Å². The van der Waals surface area contributed by atoms with E-state index in [0.29, 0.717) is 17.7 Å². The maximum atomic E-state index is 11.7. The monoisotopic (exact) mass is 305 g/mol. The molecule has 7 heteroatoms. The van der Waals surface area contributed by atoms with Crippen LogP contribution < -0.4 is 0 Å². The molecule has 1 atom stereocenters. The molecule has 3 rings (SSSR count). The summed E-state index contributed by atoms with van der Waals surface area (Å²) in [6.45, 7) is 1.85. The third-order valence-electron chi connectivity index (χ3n) is 3.84. The van der Waals surface area contributed by atoms with Crippen molar-refractivity contribution in [1.29, 1.82) is 0 Å². The van der Waals surface area contributed by atoms with Crippen molar-refractivity contribution in [3.05, 3.63) is 36.3 Å². The summed E-state index contributed by atoms with van der Waals surface area (Å²) < 4.78 is 25.1. The van der Waals surface area contributed by atoms with Gasteiger partial charge in [-0.3, -0.25) is 14.5 Å². The SMILES string of the molecule is CC1(n2cc(C=O)c(-c3cccnc3)n2)CCS(=O)(=O)C1. The van der Waals surface area contributed by atoms with Crippen molar-refractivity contribution >= 4 is 16.1 Å².